The van der Waals surface area contributed by atoms with Gasteiger partial charge in [0.1, 0.15) is 6.07 Å². The monoisotopic (exact) mass is 425 g/mol. The lowest BCUT2D eigenvalue weighted by molar-refractivity contribution is -0.385. The van der Waals surface area contributed by atoms with Gasteiger partial charge in [0.15, 0.2) is 18.1 Å². The molecule has 2 aromatic carbocycles. The number of ether oxygens (including phenoxy) is 2. The summed E-state index contributed by atoms with van der Waals surface area (Å²) in [6.45, 7) is -0.330. The lowest BCUT2D eigenvalue weighted by atomic mass is 10.1. The molecule has 3 rings (SSSR count). The topological polar surface area (TPSA) is 123 Å². The van der Waals surface area contributed by atoms with E-state index in [-0.39, 0.29) is 29.3 Å². The SMILES string of the molecule is COc1cc(/C=C2\SC(=O)N(Cc3ccccc3[N+](=O)[O-])C2=O)ccc1OCC#N. The van der Waals surface area contributed by atoms with E-state index in [1.807, 2.05) is 6.07 Å². The third kappa shape index (κ3) is 4.42. The van der Waals surface area contributed by atoms with Crippen LogP contribution in [0, 0.1) is 21.4 Å². The van der Waals surface area contributed by atoms with Crippen LogP contribution in [0.2, 0.25) is 0 Å². The van der Waals surface area contributed by atoms with E-state index in [4.69, 9.17) is 14.7 Å². The van der Waals surface area contributed by atoms with E-state index in [1.54, 1.807) is 24.3 Å². The number of nitro benzene ring substituents is 1. The van der Waals surface area contributed by atoms with E-state index in [0.29, 0.717) is 17.1 Å². The maximum atomic E-state index is 12.7. The first-order chi connectivity index (χ1) is 14.4. The van der Waals surface area contributed by atoms with Gasteiger partial charge in [0.25, 0.3) is 16.8 Å². The zero-order valence-electron chi connectivity index (χ0n) is 15.7. The lowest BCUT2D eigenvalue weighted by Crippen LogP contribution is -2.27. The van der Waals surface area contributed by atoms with Crippen molar-refractivity contribution in [2.75, 3.05) is 13.7 Å². The molecule has 1 aliphatic rings. The van der Waals surface area contributed by atoms with Crippen molar-refractivity contribution in [1.29, 1.82) is 5.26 Å². The molecule has 152 valence electrons. The van der Waals surface area contributed by atoms with Crippen LogP contribution in [0.4, 0.5) is 10.5 Å². The summed E-state index contributed by atoms with van der Waals surface area (Å²) in [7, 11) is 1.44. The molecule has 30 heavy (non-hydrogen) atoms. The van der Waals surface area contributed by atoms with Crippen molar-refractivity contribution >= 4 is 34.7 Å². The summed E-state index contributed by atoms with van der Waals surface area (Å²) in [4.78, 5) is 36.9. The Morgan fingerprint density at radius 1 is 1.23 bits per heavy atom. The Kier molecular flexibility index (Phi) is 6.34. The van der Waals surface area contributed by atoms with Crippen molar-refractivity contribution in [2.45, 2.75) is 6.54 Å². The summed E-state index contributed by atoms with van der Waals surface area (Å²) in [5.41, 5.74) is 0.706. The van der Waals surface area contributed by atoms with Gasteiger partial charge < -0.3 is 9.47 Å². The predicted molar refractivity (Wildman–Crippen MR) is 109 cm³/mol. The van der Waals surface area contributed by atoms with Crippen LogP contribution in [0.15, 0.2) is 47.4 Å². The predicted octanol–water partition coefficient (Wildman–Crippen LogP) is 3.74. The van der Waals surface area contributed by atoms with E-state index in [9.17, 15) is 19.7 Å². The highest BCUT2D eigenvalue weighted by Crippen LogP contribution is 2.36. The standard InChI is InChI=1S/C20H15N3O6S/c1-28-17-10-13(6-7-16(17)29-9-8-21)11-18-19(24)22(20(25)30-18)12-14-4-2-3-5-15(14)23(26)27/h2-7,10-11H,9,12H2,1H3/b18-11-. The molecule has 1 heterocycles. The number of rotatable bonds is 7. The summed E-state index contributed by atoms with van der Waals surface area (Å²) < 4.78 is 10.5. The minimum Gasteiger partial charge on any atom is -0.493 e. The summed E-state index contributed by atoms with van der Waals surface area (Å²) >= 11 is 0.755. The fourth-order valence-corrected chi connectivity index (χ4v) is 3.62. The number of carbonyl (C=O) groups excluding carboxylic acids is 2. The maximum Gasteiger partial charge on any atom is 0.293 e. The van der Waals surface area contributed by atoms with Crippen LogP contribution < -0.4 is 9.47 Å². The highest BCUT2D eigenvalue weighted by Gasteiger charge is 2.36. The van der Waals surface area contributed by atoms with Gasteiger partial charge in [0, 0.05) is 11.6 Å². The average molecular weight is 425 g/mol. The van der Waals surface area contributed by atoms with Crippen molar-refractivity contribution in [3.05, 3.63) is 68.6 Å². The Bertz CT molecular complexity index is 1090. The Morgan fingerprint density at radius 2 is 2.00 bits per heavy atom. The van der Waals surface area contributed by atoms with E-state index in [2.05, 4.69) is 0 Å². The van der Waals surface area contributed by atoms with Crippen LogP contribution in [-0.4, -0.2) is 34.7 Å². The first-order valence-electron chi connectivity index (χ1n) is 8.60. The number of carbonyl (C=O) groups is 2. The second-order valence-corrected chi connectivity index (χ2v) is 7.00. The number of nitrogens with zero attached hydrogens (tertiary/aromatic N) is 3. The first-order valence-corrected chi connectivity index (χ1v) is 9.41. The van der Waals surface area contributed by atoms with Crippen LogP contribution >= 0.6 is 11.8 Å². The second kappa shape index (κ2) is 9.11. The van der Waals surface area contributed by atoms with Crippen molar-refractivity contribution < 1.29 is 24.0 Å². The average Bonchev–Trinajstić information content (AvgIpc) is 3.00. The Hall–Kier alpha value is -3.84. The van der Waals surface area contributed by atoms with E-state index in [1.165, 1.54) is 31.4 Å². The van der Waals surface area contributed by atoms with Crippen molar-refractivity contribution in [1.82, 2.24) is 4.90 Å². The number of para-hydroxylation sites is 1. The van der Waals surface area contributed by atoms with Gasteiger partial charge in [-0.25, -0.2) is 0 Å². The Morgan fingerprint density at radius 3 is 2.70 bits per heavy atom. The van der Waals surface area contributed by atoms with Gasteiger partial charge in [0.2, 0.25) is 0 Å². The molecular formula is C20H15N3O6S. The van der Waals surface area contributed by atoms with Gasteiger partial charge in [-0.05, 0) is 35.5 Å². The van der Waals surface area contributed by atoms with Crippen LogP contribution in [0.5, 0.6) is 11.5 Å². The molecule has 0 unspecified atom stereocenters. The molecule has 0 saturated carbocycles. The molecular weight excluding hydrogens is 410 g/mol. The Balaban J connectivity index is 1.83. The third-order valence-electron chi connectivity index (χ3n) is 4.17. The van der Waals surface area contributed by atoms with Crippen LogP contribution in [0.1, 0.15) is 11.1 Å². The van der Waals surface area contributed by atoms with Gasteiger partial charge in [-0.1, -0.05) is 24.3 Å². The molecule has 10 heteroatoms. The smallest absolute Gasteiger partial charge is 0.293 e. The largest absolute Gasteiger partial charge is 0.493 e. The van der Waals surface area contributed by atoms with E-state index < -0.39 is 16.1 Å². The minimum atomic E-state index is -0.549. The number of thioether (sulfide) groups is 1. The summed E-state index contributed by atoms with van der Waals surface area (Å²) in [6, 6.07) is 12.7. The zero-order chi connectivity index (χ0) is 21.7. The third-order valence-corrected chi connectivity index (χ3v) is 5.08. The van der Waals surface area contributed by atoms with Gasteiger partial charge >= 0.3 is 0 Å². The molecule has 0 radical (unpaired) electrons. The van der Waals surface area contributed by atoms with Gasteiger partial charge in [0.05, 0.1) is 23.5 Å². The quantitative estimate of drug-likeness (QED) is 0.373. The van der Waals surface area contributed by atoms with Crippen LogP contribution in [0.3, 0.4) is 0 Å². The van der Waals surface area contributed by atoms with Crippen molar-refractivity contribution in [3.63, 3.8) is 0 Å². The van der Waals surface area contributed by atoms with Crippen molar-refractivity contribution in [3.8, 4) is 17.6 Å². The fourth-order valence-electron chi connectivity index (χ4n) is 2.78. The van der Waals surface area contributed by atoms with Gasteiger partial charge in [-0.3, -0.25) is 24.6 Å². The van der Waals surface area contributed by atoms with Crippen LogP contribution in [-0.2, 0) is 11.3 Å². The number of amides is 2. The highest BCUT2D eigenvalue weighted by molar-refractivity contribution is 8.18. The molecule has 0 N–H and O–H groups in total. The summed E-state index contributed by atoms with van der Waals surface area (Å²) in [5, 5.41) is 19.3. The van der Waals surface area contributed by atoms with E-state index >= 15 is 0 Å². The number of imide groups is 1. The number of hydrogen-bond donors (Lipinski definition) is 0. The molecule has 9 nitrogen and oxygen atoms in total. The first kappa shape index (κ1) is 20.9. The maximum absolute atomic E-state index is 12.7. The number of methoxy groups -OCH3 is 1. The fraction of sp³-hybridized carbons (Fsp3) is 0.150. The molecule has 0 aromatic heterocycles. The zero-order valence-corrected chi connectivity index (χ0v) is 16.5. The van der Waals surface area contributed by atoms with E-state index in [0.717, 1.165) is 16.7 Å². The molecule has 0 bridgehead atoms. The second-order valence-electron chi connectivity index (χ2n) is 6.01. The molecule has 2 amide bonds. The molecule has 1 fully saturated rings. The molecule has 1 saturated heterocycles. The van der Waals surface area contributed by atoms with Crippen molar-refractivity contribution in [2.24, 2.45) is 0 Å². The number of benzene rings is 2. The highest BCUT2D eigenvalue weighted by atomic mass is 32.2. The van der Waals surface area contributed by atoms with Gasteiger partial charge in [-0.15, -0.1) is 0 Å². The van der Waals surface area contributed by atoms with Crippen LogP contribution in [0.25, 0.3) is 6.08 Å². The molecule has 0 aliphatic carbocycles. The lowest BCUT2D eigenvalue weighted by Gasteiger charge is -2.12. The number of nitro groups is 1. The molecule has 0 atom stereocenters. The summed E-state index contributed by atoms with van der Waals surface area (Å²) in [6.07, 6.45) is 1.53. The Labute approximate surface area is 175 Å². The minimum absolute atomic E-state index is 0.139. The molecule has 1 aliphatic heterocycles. The van der Waals surface area contributed by atoms with Gasteiger partial charge in [-0.2, -0.15) is 5.26 Å². The number of nitriles is 1. The normalized spacial score (nSPS) is 14.7. The molecule has 0 spiro atoms. The number of hydrogen-bond acceptors (Lipinski definition) is 8. The molecule has 2 aromatic rings. The summed E-state index contributed by atoms with van der Waals surface area (Å²) in [5.74, 6) is 0.214.